The Bertz CT molecular complexity index is 635. The van der Waals surface area contributed by atoms with Gasteiger partial charge in [0.2, 0.25) is 0 Å². The Kier molecular flexibility index (Phi) is 3.63. The second kappa shape index (κ2) is 5.57. The lowest BCUT2D eigenvalue weighted by Gasteiger charge is -2.32. The summed E-state index contributed by atoms with van der Waals surface area (Å²) >= 11 is 1.60. The molecular weight excluding hydrogens is 272 g/mol. The standard InChI is InChI=1S/C14H14N4OS/c1-10-2-3-13(17-11(10)8-15)18-5-6-19-12(9-18)14-16-4-7-20-14/h2-4,7,12H,5-6,9H2,1H3. The molecule has 0 aliphatic carbocycles. The van der Waals surface area contributed by atoms with E-state index in [1.165, 1.54) is 0 Å². The first-order valence-electron chi connectivity index (χ1n) is 6.41. The highest BCUT2D eigenvalue weighted by Crippen LogP contribution is 2.26. The fraction of sp³-hybridized carbons (Fsp3) is 0.357. The Hall–Kier alpha value is -1.97. The zero-order chi connectivity index (χ0) is 13.9. The van der Waals surface area contributed by atoms with Gasteiger partial charge in [-0.2, -0.15) is 5.26 Å². The van der Waals surface area contributed by atoms with Gasteiger partial charge in [0.15, 0.2) is 0 Å². The van der Waals surface area contributed by atoms with Crippen LogP contribution < -0.4 is 4.90 Å². The van der Waals surface area contributed by atoms with Crippen molar-refractivity contribution in [2.45, 2.75) is 13.0 Å². The number of aromatic nitrogens is 2. The number of rotatable bonds is 2. The zero-order valence-electron chi connectivity index (χ0n) is 11.1. The van der Waals surface area contributed by atoms with E-state index in [0.29, 0.717) is 18.8 Å². The highest BCUT2D eigenvalue weighted by atomic mass is 32.1. The highest BCUT2D eigenvalue weighted by Gasteiger charge is 2.24. The van der Waals surface area contributed by atoms with Gasteiger partial charge in [0.25, 0.3) is 0 Å². The molecule has 0 bridgehead atoms. The van der Waals surface area contributed by atoms with Crippen LogP contribution in [0.5, 0.6) is 0 Å². The molecule has 1 aliphatic rings. The molecule has 1 unspecified atom stereocenters. The second-order valence-corrected chi connectivity index (χ2v) is 5.55. The van der Waals surface area contributed by atoms with Crippen LogP contribution in [0.1, 0.15) is 22.4 Å². The Labute approximate surface area is 121 Å². The first kappa shape index (κ1) is 13.0. The molecule has 3 rings (SSSR count). The van der Waals surface area contributed by atoms with Gasteiger partial charge in [0.05, 0.1) is 13.2 Å². The minimum Gasteiger partial charge on any atom is -0.367 e. The molecular formula is C14H14N4OS. The number of morpholine rings is 1. The van der Waals surface area contributed by atoms with E-state index in [4.69, 9.17) is 10.00 Å². The van der Waals surface area contributed by atoms with Crippen molar-refractivity contribution in [1.29, 1.82) is 5.26 Å². The monoisotopic (exact) mass is 286 g/mol. The molecule has 2 aromatic rings. The number of hydrogen-bond acceptors (Lipinski definition) is 6. The van der Waals surface area contributed by atoms with E-state index < -0.39 is 0 Å². The number of aryl methyl sites for hydroxylation is 1. The van der Waals surface area contributed by atoms with Crippen LogP contribution in [0.2, 0.25) is 0 Å². The summed E-state index contributed by atoms with van der Waals surface area (Å²) in [6.45, 7) is 4.03. The van der Waals surface area contributed by atoms with Crippen molar-refractivity contribution < 1.29 is 4.74 Å². The predicted molar refractivity (Wildman–Crippen MR) is 76.7 cm³/mol. The van der Waals surface area contributed by atoms with Crippen LogP contribution in [0.3, 0.4) is 0 Å². The van der Waals surface area contributed by atoms with Gasteiger partial charge >= 0.3 is 0 Å². The Morgan fingerprint density at radius 3 is 3.15 bits per heavy atom. The normalized spacial score (nSPS) is 18.8. The maximum atomic E-state index is 9.08. The first-order chi connectivity index (χ1) is 9.78. The second-order valence-electron chi connectivity index (χ2n) is 4.62. The van der Waals surface area contributed by atoms with E-state index >= 15 is 0 Å². The summed E-state index contributed by atoms with van der Waals surface area (Å²) in [6, 6.07) is 6.03. The molecule has 1 atom stereocenters. The third-order valence-corrected chi connectivity index (χ3v) is 4.17. The van der Waals surface area contributed by atoms with E-state index in [1.54, 1.807) is 17.5 Å². The van der Waals surface area contributed by atoms with Crippen LogP contribution >= 0.6 is 11.3 Å². The number of hydrogen-bond donors (Lipinski definition) is 0. The first-order valence-corrected chi connectivity index (χ1v) is 7.29. The van der Waals surface area contributed by atoms with Gasteiger partial charge in [-0.15, -0.1) is 11.3 Å². The molecule has 5 nitrogen and oxygen atoms in total. The summed E-state index contributed by atoms with van der Waals surface area (Å²) in [5.74, 6) is 0.831. The van der Waals surface area contributed by atoms with Gasteiger partial charge in [-0.05, 0) is 18.6 Å². The maximum Gasteiger partial charge on any atom is 0.145 e. The topological polar surface area (TPSA) is 62.0 Å². The van der Waals surface area contributed by atoms with Gasteiger partial charge in [0.1, 0.15) is 28.7 Å². The molecule has 1 fully saturated rings. The summed E-state index contributed by atoms with van der Waals surface area (Å²) < 4.78 is 5.77. The lowest BCUT2D eigenvalue weighted by atomic mass is 10.2. The van der Waals surface area contributed by atoms with E-state index in [0.717, 1.165) is 22.9 Å². The van der Waals surface area contributed by atoms with Crippen LogP contribution in [0.4, 0.5) is 5.82 Å². The molecule has 1 saturated heterocycles. The maximum absolute atomic E-state index is 9.08. The average molecular weight is 286 g/mol. The molecule has 0 aromatic carbocycles. The SMILES string of the molecule is Cc1ccc(N2CCOC(c3nccs3)C2)nc1C#N. The molecule has 102 valence electrons. The Morgan fingerprint density at radius 2 is 2.40 bits per heavy atom. The van der Waals surface area contributed by atoms with E-state index in [9.17, 15) is 0 Å². The van der Waals surface area contributed by atoms with Crippen molar-refractivity contribution in [3.8, 4) is 6.07 Å². The van der Waals surface area contributed by atoms with Crippen molar-refractivity contribution in [2.75, 3.05) is 24.6 Å². The van der Waals surface area contributed by atoms with Crippen molar-refractivity contribution in [3.05, 3.63) is 40.0 Å². The van der Waals surface area contributed by atoms with Gasteiger partial charge in [0, 0.05) is 18.1 Å². The number of nitriles is 1. The molecule has 0 amide bonds. The third-order valence-electron chi connectivity index (χ3n) is 3.31. The van der Waals surface area contributed by atoms with Crippen molar-refractivity contribution in [3.63, 3.8) is 0 Å². The molecule has 1 aliphatic heterocycles. The lowest BCUT2D eigenvalue weighted by Crippen LogP contribution is -2.38. The molecule has 2 aromatic heterocycles. The van der Waals surface area contributed by atoms with Crippen LogP contribution in [0.25, 0.3) is 0 Å². The average Bonchev–Trinajstić information content (AvgIpc) is 3.02. The van der Waals surface area contributed by atoms with Crippen molar-refractivity contribution in [2.24, 2.45) is 0 Å². The number of anilines is 1. The molecule has 20 heavy (non-hydrogen) atoms. The lowest BCUT2D eigenvalue weighted by molar-refractivity contribution is 0.0393. The van der Waals surface area contributed by atoms with Gasteiger partial charge in [-0.3, -0.25) is 0 Å². The molecule has 3 heterocycles. The summed E-state index contributed by atoms with van der Waals surface area (Å²) in [5, 5.41) is 12.0. The largest absolute Gasteiger partial charge is 0.367 e. The summed E-state index contributed by atoms with van der Waals surface area (Å²) in [4.78, 5) is 10.9. The van der Waals surface area contributed by atoms with Crippen LogP contribution in [0, 0.1) is 18.3 Å². The summed E-state index contributed by atoms with van der Waals surface area (Å²) in [5.41, 5.74) is 1.39. The molecule has 0 spiro atoms. The van der Waals surface area contributed by atoms with Crippen LogP contribution in [-0.4, -0.2) is 29.7 Å². The van der Waals surface area contributed by atoms with E-state index in [-0.39, 0.29) is 6.10 Å². The minimum atomic E-state index is -0.0163. The Morgan fingerprint density at radius 1 is 1.50 bits per heavy atom. The molecule has 0 radical (unpaired) electrons. The van der Waals surface area contributed by atoms with E-state index in [1.807, 2.05) is 24.4 Å². The molecule has 0 N–H and O–H groups in total. The van der Waals surface area contributed by atoms with Gasteiger partial charge in [-0.1, -0.05) is 6.07 Å². The Balaban J connectivity index is 1.82. The van der Waals surface area contributed by atoms with Gasteiger partial charge in [-0.25, -0.2) is 9.97 Å². The summed E-state index contributed by atoms with van der Waals surface area (Å²) in [6.07, 6.45) is 1.78. The smallest absolute Gasteiger partial charge is 0.145 e. The fourth-order valence-electron chi connectivity index (χ4n) is 2.21. The molecule has 0 saturated carbocycles. The van der Waals surface area contributed by atoms with Crippen LogP contribution in [-0.2, 0) is 4.74 Å². The van der Waals surface area contributed by atoms with Gasteiger partial charge < -0.3 is 9.64 Å². The minimum absolute atomic E-state index is 0.0163. The third kappa shape index (κ3) is 2.50. The number of nitrogens with zero attached hydrogens (tertiary/aromatic N) is 4. The zero-order valence-corrected chi connectivity index (χ0v) is 11.9. The fourth-order valence-corrected chi connectivity index (χ4v) is 2.89. The number of thiazole rings is 1. The van der Waals surface area contributed by atoms with Crippen LogP contribution in [0.15, 0.2) is 23.7 Å². The molecule has 6 heteroatoms. The quantitative estimate of drug-likeness (QED) is 0.847. The highest BCUT2D eigenvalue weighted by molar-refractivity contribution is 7.09. The van der Waals surface area contributed by atoms with E-state index in [2.05, 4.69) is 20.9 Å². The van der Waals surface area contributed by atoms with Crippen molar-refractivity contribution in [1.82, 2.24) is 9.97 Å². The summed E-state index contributed by atoms with van der Waals surface area (Å²) in [7, 11) is 0. The number of pyridine rings is 1. The predicted octanol–water partition coefficient (Wildman–Crippen LogP) is 2.30. The van der Waals surface area contributed by atoms with Crippen molar-refractivity contribution >= 4 is 17.2 Å². The number of ether oxygens (including phenoxy) is 1.